The molecule has 0 aromatic rings. The van der Waals surface area contributed by atoms with Crippen LogP contribution in [0.1, 0.15) is 19.3 Å². The van der Waals surface area contributed by atoms with Gasteiger partial charge in [0.05, 0.1) is 6.10 Å². The van der Waals surface area contributed by atoms with Gasteiger partial charge in [0.15, 0.2) is 0 Å². The summed E-state index contributed by atoms with van der Waals surface area (Å²) in [6.45, 7) is 2.13. The Bertz CT molecular complexity index is 140. The molecule has 3 heteroatoms. The van der Waals surface area contributed by atoms with Crippen LogP contribution >= 0.6 is 0 Å². The van der Waals surface area contributed by atoms with Gasteiger partial charge in [-0.3, -0.25) is 0 Å². The molecule has 2 rings (SSSR count). The lowest BCUT2D eigenvalue weighted by Gasteiger charge is -2.39. The molecule has 0 radical (unpaired) electrons. The summed E-state index contributed by atoms with van der Waals surface area (Å²) in [5.41, 5.74) is 0. The van der Waals surface area contributed by atoms with Gasteiger partial charge in [-0.2, -0.15) is 0 Å². The van der Waals surface area contributed by atoms with E-state index in [0.717, 1.165) is 32.4 Å². The van der Waals surface area contributed by atoms with Crippen LogP contribution < -0.4 is 10.6 Å². The van der Waals surface area contributed by atoms with Gasteiger partial charge in [-0.15, -0.1) is 0 Å². The van der Waals surface area contributed by atoms with Crippen LogP contribution in [0.25, 0.3) is 0 Å². The van der Waals surface area contributed by atoms with E-state index in [0.29, 0.717) is 12.1 Å². The molecule has 1 aliphatic carbocycles. The minimum absolute atomic E-state index is 0.0661. The largest absolute Gasteiger partial charge is 0.393 e. The Labute approximate surface area is 67.2 Å². The van der Waals surface area contributed by atoms with Crippen molar-refractivity contribution in [3.05, 3.63) is 0 Å². The Kier molecular flexibility index (Phi) is 2.11. The zero-order chi connectivity index (χ0) is 7.68. The first-order chi connectivity index (χ1) is 5.36. The number of nitrogens with one attached hydrogen (secondary N) is 2. The summed E-state index contributed by atoms with van der Waals surface area (Å²) in [6.07, 6.45) is 2.95. The van der Waals surface area contributed by atoms with Crippen LogP contribution in [0.3, 0.4) is 0 Å². The summed E-state index contributed by atoms with van der Waals surface area (Å²) >= 11 is 0. The van der Waals surface area contributed by atoms with Gasteiger partial charge in [-0.25, -0.2) is 0 Å². The number of rotatable bonds is 0. The van der Waals surface area contributed by atoms with Crippen molar-refractivity contribution in [1.29, 1.82) is 0 Å². The molecule has 1 saturated heterocycles. The molecule has 2 fully saturated rings. The summed E-state index contributed by atoms with van der Waals surface area (Å²) in [7, 11) is 0. The lowest BCUT2D eigenvalue weighted by Crippen LogP contribution is -2.58. The maximum Gasteiger partial charge on any atom is 0.0556 e. The van der Waals surface area contributed by atoms with Crippen molar-refractivity contribution in [3.63, 3.8) is 0 Å². The van der Waals surface area contributed by atoms with Crippen molar-refractivity contribution >= 4 is 0 Å². The van der Waals surface area contributed by atoms with E-state index in [-0.39, 0.29) is 6.10 Å². The van der Waals surface area contributed by atoms with Crippen molar-refractivity contribution in [3.8, 4) is 0 Å². The number of fused-ring (bicyclic) bond motifs is 1. The molecule has 1 saturated carbocycles. The van der Waals surface area contributed by atoms with Crippen LogP contribution in [0.2, 0.25) is 0 Å². The Balaban J connectivity index is 1.93. The van der Waals surface area contributed by atoms with Crippen LogP contribution in [-0.2, 0) is 0 Å². The second-order valence-corrected chi connectivity index (χ2v) is 3.59. The zero-order valence-electron chi connectivity index (χ0n) is 6.71. The zero-order valence-corrected chi connectivity index (χ0v) is 6.71. The predicted molar refractivity (Wildman–Crippen MR) is 43.4 cm³/mol. The fourth-order valence-corrected chi connectivity index (χ4v) is 2.13. The van der Waals surface area contributed by atoms with Crippen molar-refractivity contribution in [2.45, 2.75) is 37.5 Å². The molecule has 3 atom stereocenters. The van der Waals surface area contributed by atoms with Crippen LogP contribution in [0.5, 0.6) is 0 Å². The highest BCUT2D eigenvalue weighted by molar-refractivity contribution is 4.92. The summed E-state index contributed by atoms with van der Waals surface area (Å²) in [4.78, 5) is 0. The third-order valence-electron chi connectivity index (χ3n) is 2.76. The molecular formula is C8H16N2O. The molecule has 0 amide bonds. The van der Waals surface area contributed by atoms with Crippen LogP contribution in [-0.4, -0.2) is 36.4 Å². The molecule has 0 aromatic heterocycles. The lowest BCUT2D eigenvalue weighted by atomic mass is 9.87. The number of hydrogen-bond donors (Lipinski definition) is 3. The smallest absolute Gasteiger partial charge is 0.0556 e. The average molecular weight is 156 g/mol. The Hall–Kier alpha value is -0.120. The van der Waals surface area contributed by atoms with E-state index in [1.165, 1.54) is 0 Å². The third kappa shape index (κ3) is 1.55. The summed E-state index contributed by atoms with van der Waals surface area (Å²) in [6, 6.07) is 1.14. The van der Waals surface area contributed by atoms with Crippen LogP contribution in [0, 0.1) is 0 Å². The molecule has 0 bridgehead atoms. The van der Waals surface area contributed by atoms with Gasteiger partial charge in [0, 0.05) is 25.2 Å². The van der Waals surface area contributed by atoms with Gasteiger partial charge in [0.1, 0.15) is 0 Å². The Morgan fingerprint density at radius 2 is 1.73 bits per heavy atom. The molecule has 0 aromatic carbocycles. The number of aliphatic hydroxyl groups excluding tert-OH is 1. The molecule has 0 unspecified atom stereocenters. The fourth-order valence-electron chi connectivity index (χ4n) is 2.13. The maximum atomic E-state index is 9.38. The van der Waals surface area contributed by atoms with E-state index in [1.807, 2.05) is 0 Å². The average Bonchev–Trinajstić information content (AvgIpc) is 2.04. The minimum atomic E-state index is -0.0661. The van der Waals surface area contributed by atoms with Gasteiger partial charge < -0.3 is 15.7 Å². The second kappa shape index (κ2) is 3.09. The quantitative estimate of drug-likeness (QED) is 0.441. The fraction of sp³-hybridized carbons (Fsp3) is 1.00. The first-order valence-electron chi connectivity index (χ1n) is 4.51. The summed E-state index contributed by atoms with van der Waals surface area (Å²) in [5.74, 6) is 0. The van der Waals surface area contributed by atoms with Gasteiger partial charge in [-0.05, 0) is 19.3 Å². The molecule has 11 heavy (non-hydrogen) atoms. The van der Waals surface area contributed by atoms with E-state index in [9.17, 15) is 5.11 Å². The standard InChI is InChI=1S/C8H16N2O/c11-6-1-2-7-8(5-6)10-4-3-9-7/h6-11H,1-5H2/t6-,7-,8+/m1/s1. The highest BCUT2D eigenvalue weighted by Crippen LogP contribution is 2.20. The van der Waals surface area contributed by atoms with Gasteiger partial charge in [-0.1, -0.05) is 0 Å². The maximum absolute atomic E-state index is 9.38. The SMILES string of the molecule is O[C@@H]1CC[C@H]2NCCN[C@H]2C1. The molecule has 1 heterocycles. The second-order valence-electron chi connectivity index (χ2n) is 3.59. The molecule has 3 N–H and O–H groups in total. The summed E-state index contributed by atoms with van der Waals surface area (Å²) in [5, 5.41) is 16.3. The first-order valence-corrected chi connectivity index (χ1v) is 4.51. The molecule has 1 aliphatic heterocycles. The van der Waals surface area contributed by atoms with Crippen molar-refractivity contribution < 1.29 is 5.11 Å². The van der Waals surface area contributed by atoms with E-state index < -0.39 is 0 Å². The van der Waals surface area contributed by atoms with E-state index in [1.54, 1.807) is 0 Å². The van der Waals surface area contributed by atoms with E-state index in [2.05, 4.69) is 10.6 Å². The van der Waals surface area contributed by atoms with Gasteiger partial charge in [0.2, 0.25) is 0 Å². The molecule has 64 valence electrons. The Morgan fingerprint density at radius 3 is 2.55 bits per heavy atom. The number of aliphatic hydroxyl groups is 1. The first kappa shape index (κ1) is 7.53. The number of hydrogen-bond acceptors (Lipinski definition) is 3. The third-order valence-corrected chi connectivity index (χ3v) is 2.76. The van der Waals surface area contributed by atoms with E-state index >= 15 is 0 Å². The lowest BCUT2D eigenvalue weighted by molar-refractivity contribution is 0.0870. The number of piperazine rings is 1. The molecular weight excluding hydrogens is 140 g/mol. The Morgan fingerprint density at radius 1 is 1.00 bits per heavy atom. The highest BCUT2D eigenvalue weighted by atomic mass is 16.3. The van der Waals surface area contributed by atoms with Crippen molar-refractivity contribution in [2.75, 3.05) is 13.1 Å². The molecule has 0 spiro atoms. The highest BCUT2D eigenvalue weighted by Gasteiger charge is 2.30. The van der Waals surface area contributed by atoms with Crippen LogP contribution in [0.15, 0.2) is 0 Å². The predicted octanol–water partition coefficient (Wildman–Crippen LogP) is -0.539. The normalized spacial score (nSPS) is 45.0. The topological polar surface area (TPSA) is 44.3 Å². The van der Waals surface area contributed by atoms with Crippen molar-refractivity contribution in [2.24, 2.45) is 0 Å². The van der Waals surface area contributed by atoms with Gasteiger partial charge >= 0.3 is 0 Å². The molecule has 3 nitrogen and oxygen atoms in total. The molecule has 2 aliphatic rings. The van der Waals surface area contributed by atoms with Crippen molar-refractivity contribution in [1.82, 2.24) is 10.6 Å². The van der Waals surface area contributed by atoms with E-state index in [4.69, 9.17) is 0 Å². The van der Waals surface area contributed by atoms with Crippen LogP contribution in [0.4, 0.5) is 0 Å². The minimum Gasteiger partial charge on any atom is -0.393 e. The van der Waals surface area contributed by atoms with Gasteiger partial charge in [0.25, 0.3) is 0 Å². The monoisotopic (exact) mass is 156 g/mol. The summed E-state index contributed by atoms with van der Waals surface area (Å²) < 4.78 is 0.